The number of hydrazone groups is 1. The van der Waals surface area contributed by atoms with Gasteiger partial charge in [-0.2, -0.15) is 5.10 Å². The maximum atomic E-state index is 12.9. The number of benzene rings is 1. The second kappa shape index (κ2) is 7.55. The summed E-state index contributed by atoms with van der Waals surface area (Å²) in [5.41, 5.74) is 1.14. The van der Waals surface area contributed by atoms with Gasteiger partial charge in [-0.15, -0.1) is 11.3 Å². The summed E-state index contributed by atoms with van der Waals surface area (Å²) in [7, 11) is 0. The zero-order chi connectivity index (χ0) is 22.6. The molecule has 1 N–H and O–H groups in total. The van der Waals surface area contributed by atoms with E-state index in [1.165, 1.54) is 11.3 Å². The summed E-state index contributed by atoms with van der Waals surface area (Å²) in [6.07, 6.45) is -1.03. The molecule has 13 heteroatoms. The van der Waals surface area contributed by atoms with E-state index in [9.17, 15) is 29.8 Å². The van der Waals surface area contributed by atoms with Crippen LogP contribution in [0.5, 0.6) is 0 Å². The number of hydrogen-bond donors (Lipinski definition) is 1. The van der Waals surface area contributed by atoms with Gasteiger partial charge in [0, 0.05) is 29.9 Å². The van der Waals surface area contributed by atoms with E-state index in [-0.39, 0.29) is 35.2 Å². The summed E-state index contributed by atoms with van der Waals surface area (Å²) in [6.45, 7) is 0.310. The highest BCUT2D eigenvalue weighted by Gasteiger charge is 2.67. The molecular formula is C19H14N4O8S. The van der Waals surface area contributed by atoms with Gasteiger partial charge >= 0.3 is 0 Å². The van der Waals surface area contributed by atoms with Crippen molar-refractivity contribution in [1.29, 1.82) is 0 Å². The van der Waals surface area contributed by atoms with Gasteiger partial charge in [-0.1, -0.05) is 6.07 Å². The molecule has 5 rings (SSSR count). The summed E-state index contributed by atoms with van der Waals surface area (Å²) in [6, 6.07) is 6.15. The third-order valence-electron chi connectivity index (χ3n) is 5.74. The Hall–Kier alpha value is -3.55. The van der Waals surface area contributed by atoms with E-state index >= 15 is 0 Å². The van der Waals surface area contributed by atoms with Crippen LogP contribution in [0.15, 0.2) is 40.8 Å². The highest BCUT2D eigenvalue weighted by molar-refractivity contribution is 7.12. The first-order chi connectivity index (χ1) is 15.3. The minimum atomic E-state index is -0.872. The lowest BCUT2D eigenvalue weighted by atomic mass is 10.1. The number of ketones is 1. The third-order valence-corrected chi connectivity index (χ3v) is 6.62. The molecule has 32 heavy (non-hydrogen) atoms. The van der Waals surface area contributed by atoms with E-state index in [0.717, 1.165) is 18.2 Å². The number of ether oxygens (including phenoxy) is 2. The van der Waals surface area contributed by atoms with Gasteiger partial charge in [-0.3, -0.25) is 29.8 Å². The molecule has 2 bridgehead atoms. The van der Waals surface area contributed by atoms with Crippen molar-refractivity contribution in [3.05, 3.63) is 66.4 Å². The number of rotatable bonds is 6. The van der Waals surface area contributed by atoms with Crippen LogP contribution in [0.4, 0.5) is 11.4 Å². The second-order valence-corrected chi connectivity index (χ2v) is 8.49. The fraction of sp³-hybridized carbons (Fsp3) is 0.316. The lowest BCUT2D eigenvalue weighted by Gasteiger charge is -2.18. The van der Waals surface area contributed by atoms with E-state index in [1.807, 2.05) is 5.38 Å². The number of nitro groups is 2. The Bertz CT molecular complexity index is 1150. The van der Waals surface area contributed by atoms with Crippen molar-refractivity contribution in [2.24, 2.45) is 22.9 Å². The number of nitro benzene ring substituents is 2. The molecule has 0 radical (unpaired) electrons. The normalized spacial score (nSPS) is 28.8. The molecule has 1 amide bonds. The van der Waals surface area contributed by atoms with Crippen LogP contribution in [0.3, 0.4) is 0 Å². The van der Waals surface area contributed by atoms with Crippen molar-refractivity contribution < 1.29 is 28.9 Å². The van der Waals surface area contributed by atoms with Gasteiger partial charge in [0.1, 0.15) is 0 Å². The summed E-state index contributed by atoms with van der Waals surface area (Å²) >= 11 is 1.35. The zero-order valence-corrected chi connectivity index (χ0v) is 16.9. The van der Waals surface area contributed by atoms with Gasteiger partial charge in [0.05, 0.1) is 44.8 Å². The van der Waals surface area contributed by atoms with Gasteiger partial charge in [0.25, 0.3) is 17.3 Å². The van der Waals surface area contributed by atoms with Crippen LogP contribution in [0.1, 0.15) is 20.0 Å². The molecule has 3 aliphatic rings. The average Bonchev–Trinajstić information content (AvgIpc) is 3.12. The number of Topliss-reactive ketones (excluding diaryl/α,β-unsaturated/α-hetero) is 1. The molecule has 1 aromatic carbocycles. The molecule has 2 saturated heterocycles. The first-order valence-electron chi connectivity index (χ1n) is 9.51. The first-order valence-corrected chi connectivity index (χ1v) is 10.4. The van der Waals surface area contributed by atoms with Crippen molar-refractivity contribution in [3.63, 3.8) is 0 Å². The topological polar surface area (TPSA) is 163 Å². The minimum absolute atomic E-state index is 0.0144. The molecule has 12 nitrogen and oxygen atoms in total. The predicted octanol–water partition coefficient (Wildman–Crippen LogP) is 2.15. The van der Waals surface area contributed by atoms with Crippen molar-refractivity contribution >= 4 is 40.1 Å². The van der Waals surface area contributed by atoms with Crippen molar-refractivity contribution in [3.8, 4) is 0 Å². The summed E-state index contributed by atoms with van der Waals surface area (Å²) in [5.74, 6) is -1.59. The van der Waals surface area contributed by atoms with E-state index in [0.29, 0.717) is 17.2 Å². The van der Waals surface area contributed by atoms with Gasteiger partial charge < -0.3 is 9.47 Å². The quantitative estimate of drug-likeness (QED) is 0.391. The summed E-state index contributed by atoms with van der Waals surface area (Å²) in [5, 5.41) is 28.0. The monoisotopic (exact) mass is 458 g/mol. The van der Waals surface area contributed by atoms with Crippen LogP contribution in [0.25, 0.3) is 0 Å². The lowest BCUT2D eigenvalue weighted by Crippen LogP contribution is -2.33. The van der Waals surface area contributed by atoms with E-state index in [1.54, 1.807) is 12.1 Å². The Labute approximate surface area is 183 Å². The maximum Gasteiger partial charge on any atom is 0.277 e. The van der Waals surface area contributed by atoms with E-state index in [4.69, 9.17) is 9.47 Å². The van der Waals surface area contributed by atoms with Crippen LogP contribution in [-0.2, 0) is 9.47 Å². The number of nitrogens with one attached hydrogen (secondary N) is 1. The van der Waals surface area contributed by atoms with Crippen molar-refractivity contribution in [2.45, 2.75) is 12.4 Å². The number of hydrogen-bond acceptors (Lipinski definition) is 10. The van der Waals surface area contributed by atoms with Gasteiger partial charge in [0.15, 0.2) is 12.1 Å². The molecule has 2 aliphatic heterocycles. The summed E-state index contributed by atoms with van der Waals surface area (Å²) in [4.78, 5) is 46.5. The average molecular weight is 458 g/mol. The lowest BCUT2D eigenvalue weighted by molar-refractivity contribution is -0.394. The van der Waals surface area contributed by atoms with Crippen LogP contribution < -0.4 is 5.43 Å². The molecule has 164 valence electrons. The number of nitrogens with zero attached hydrogens (tertiary/aromatic N) is 3. The van der Waals surface area contributed by atoms with E-state index < -0.39 is 33.4 Å². The van der Waals surface area contributed by atoms with Gasteiger partial charge in [-0.25, -0.2) is 5.43 Å². The highest BCUT2D eigenvalue weighted by atomic mass is 32.1. The Kier molecular flexibility index (Phi) is 4.80. The third kappa shape index (κ3) is 3.36. The van der Waals surface area contributed by atoms with Crippen LogP contribution in [-0.4, -0.2) is 46.2 Å². The Morgan fingerprint density at radius 3 is 2.50 bits per heavy atom. The number of amides is 1. The smallest absolute Gasteiger partial charge is 0.277 e. The highest BCUT2D eigenvalue weighted by Crippen LogP contribution is 2.57. The molecule has 0 spiro atoms. The SMILES string of the molecule is O=C(NN=C1[C@H]2OC[C@@H](O2)[C@H]2[C@H]1[C@@H]2C(=O)c1cccs1)c1cc([N+](=O)[O-])cc([N+](=O)[O-])c1. The first kappa shape index (κ1) is 20.4. The number of fused-ring (bicyclic) bond motifs is 4. The zero-order valence-electron chi connectivity index (χ0n) is 16.1. The van der Waals surface area contributed by atoms with Gasteiger partial charge in [-0.05, 0) is 11.4 Å². The number of thiophene rings is 1. The van der Waals surface area contributed by atoms with Gasteiger partial charge in [0.2, 0.25) is 0 Å². The number of carbonyl (C=O) groups is 2. The molecule has 2 aromatic rings. The minimum Gasteiger partial charge on any atom is -0.344 e. The largest absolute Gasteiger partial charge is 0.344 e. The Morgan fingerprint density at radius 2 is 1.88 bits per heavy atom. The fourth-order valence-corrected chi connectivity index (χ4v) is 4.99. The standard InChI is InChI=1S/C19H14N4O8S/c24-17(12-2-1-3-32-12)15-13-11-7-30-19(31-11)16(14(13)15)20-21-18(25)8-4-9(22(26)27)6-10(5-8)23(28)29/h1-6,11,13-15,19H,7H2,(H,21,25)/t11-,13+,14+,15-,19+/m1/s1. The molecule has 3 heterocycles. The maximum absolute atomic E-state index is 12.9. The number of carbonyl (C=O) groups excluding carboxylic acids is 2. The van der Waals surface area contributed by atoms with Crippen molar-refractivity contribution in [1.82, 2.24) is 5.43 Å². The Morgan fingerprint density at radius 1 is 1.16 bits per heavy atom. The second-order valence-electron chi connectivity index (χ2n) is 7.54. The Balaban J connectivity index is 1.39. The summed E-state index contributed by atoms with van der Waals surface area (Å²) < 4.78 is 11.3. The van der Waals surface area contributed by atoms with Crippen molar-refractivity contribution in [2.75, 3.05) is 6.61 Å². The van der Waals surface area contributed by atoms with Crippen LogP contribution >= 0.6 is 11.3 Å². The van der Waals surface area contributed by atoms with E-state index in [2.05, 4.69) is 10.5 Å². The molecular weight excluding hydrogens is 444 g/mol. The molecule has 0 unspecified atom stereocenters. The molecule has 1 aromatic heterocycles. The van der Waals surface area contributed by atoms with Crippen LogP contribution in [0, 0.1) is 38.0 Å². The number of non-ortho nitro benzene ring substituents is 2. The molecule has 5 atom stereocenters. The van der Waals surface area contributed by atoms with Crippen LogP contribution in [0.2, 0.25) is 0 Å². The fourth-order valence-electron chi connectivity index (χ4n) is 4.28. The molecule has 3 fully saturated rings. The molecule has 1 aliphatic carbocycles. The molecule has 1 saturated carbocycles. The predicted molar refractivity (Wildman–Crippen MR) is 108 cm³/mol.